The quantitative estimate of drug-likeness (QED) is 0.365. The van der Waals surface area contributed by atoms with E-state index in [4.69, 9.17) is 33.5 Å². The van der Waals surface area contributed by atoms with E-state index in [1.165, 1.54) is 0 Å². The summed E-state index contributed by atoms with van der Waals surface area (Å²) in [5.41, 5.74) is 0.400. The number of ether oxygens (including phenoxy) is 5. The highest BCUT2D eigenvalue weighted by Gasteiger charge is 2.69. The summed E-state index contributed by atoms with van der Waals surface area (Å²) in [6.07, 6.45) is 2.15. The maximum absolute atomic E-state index is 11.8. The van der Waals surface area contributed by atoms with Crippen LogP contribution in [0.15, 0.2) is 24.3 Å². The number of carbonyl (C=O) groups is 1. The summed E-state index contributed by atoms with van der Waals surface area (Å²) >= 11 is 0. The standard InChI is InChI=1S/C28H40O8/c1-7-30-24(29)19(5)31-21-11-9-20(10-12-21)18(4)32-25-17(3)23-13-8-16(2)22-14-15-27(6)34-26(33-25)28(22,23)36-35-27/h9-12,16-19,22-23,25-26H,7-8,13-15H2,1-6H3/t16-,17-,18?,19?,22?,23?,25+,26?,27?,28-/m1/s1. The zero-order valence-electron chi connectivity index (χ0n) is 22.2. The summed E-state index contributed by atoms with van der Waals surface area (Å²) in [6, 6.07) is 7.59. The van der Waals surface area contributed by atoms with Crippen molar-refractivity contribution in [2.24, 2.45) is 23.7 Å². The number of hydrogen-bond acceptors (Lipinski definition) is 8. The molecule has 5 fully saturated rings. The highest BCUT2D eigenvalue weighted by atomic mass is 17.3. The molecule has 2 bridgehead atoms. The highest BCUT2D eigenvalue weighted by Crippen LogP contribution is 2.60. The van der Waals surface area contributed by atoms with Crippen LogP contribution in [0.4, 0.5) is 0 Å². The monoisotopic (exact) mass is 504 g/mol. The number of rotatable bonds is 7. The van der Waals surface area contributed by atoms with Gasteiger partial charge in [0.1, 0.15) is 5.75 Å². The van der Waals surface area contributed by atoms with E-state index >= 15 is 0 Å². The normalized spacial score (nSPS) is 41.1. The second-order valence-corrected chi connectivity index (χ2v) is 11.1. The van der Waals surface area contributed by atoms with Crippen molar-refractivity contribution >= 4 is 5.97 Å². The third-order valence-corrected chi connectivity index (χ3v) is 8.72. The van der Waals surface area contributed by atoms with Crippen LogP contribution in [0.2, 0.25) is 0 Å². The van der Waals surface area contributed by atoms with Crippen LogP contribution in [0, 0.1) is 23.7 Å². The van der Waals surface area contributed by atoms with Gasteiger partial charge in [-0.3, -0.25) is 0 Å². The van der Waals surface area contributed by atoms with Crippen molar-refractivity contribution in [2.75, 3.05) is 6.61 Å². The van der Waals surface area contributed by atoms with Crippen LogP contribution in [-0.2, 0) is 33.5 Å². The Morgan fingerprint density at radius 3 is 2.56 bits per heavy atom. The van der Waals surface area contributed by atoms with Gasteiger partial charge in [-0.05, 0) is 76.5 Å². The molecular weight excluding hydrogens is 464 g/mol. The van der Waals surface area contributed by atoms with E-state index in [9.17, 15) is 4.79 Å². The molecule has 8 heteroatoms. The van der Waals surface area contributed by atoms with Gasteiger partial charge in [-0.25, -0.2) is 14.6 Å². The number of esters is 1. The van der Waals surface area contributed by atoms with E-state index < -0.39 is 30.1 Å². The molecule has 1 aromatic carbocycles. The molecule has 4 saturated heterocycles. The summed E-state index contributed by atoms with van der Waals surface area (Å²) in [5.74, 6) is 0.610. The largest absolute Gasteiger partial charge is 0.479 e. The van der Waals surface area contributed by atoms with Gasteiger partial charge in [-0.2, -0.15) is 0 Å². The van der Waals surface area contributed by atoms with Gasteiger partial charge in [0.25, 0.3) is 0 Å². The van der Waals surface area contributed by atoms with Crippen molar-refractivity contribution in [3.63, 3.8) is 0 Å². The van der Waals surface area contributed by atoms with Crippen LogP contribution in [0.25, 0.3) is 0 Å². The van der Waals surface area contributed by atoms with E-state index in [-0.39, 0.29) is 23.9 Å². The highest BCUT2D eigenvalue weighted by molar-refractivity contribution is 5.74. The predicted molar refractivity (Wildman–Crippen MR) is 129 cm³/mol. The molecule has 0 radical (unpaired) electrons. The maximum Gasteiger partial charge on any atom is 0.347 e. The number of hydrogen-bond donors (Lipinski definition) is 0. The lowest BCUT2D eigenvalue weighted by molar-refractivity contribution is -0.578. The molecule has 4 aliphatic heterocycles. The minimum atomic E-state index is -0.801. The fourth-order valence-corrected chi connectivity index (χ4v) is 6.64. The first kappa shape index (κ1) is 25.9. The van der Waals surface area contributed by atoms with Crippen molar-refractivity contribution in [2.45, 2.75) is 103 Å². The zero-order chi connectivity index (χ0) is 25.7. The molecule has 1 spiro atoms. The predicted octanol–water partition coefficient (Wildman–Crippen LogP) is 5.30. The molecule has 0 N–H and O–H groups in total. The maximum atomic E-state index is 11.8. The molecule has 8 nitrogen and oxygen atoms in total. The molecular formula is C28H40O8. The lowest BCUT2D eigenvalue weighted by Crippen LogP contribution is -2.70. The minimum Gasteiger partial charge on any atom is -0.479 e. The summed E-state index contributed by atoms with van der Waals surface area (Å²) in [5, 5.41) is 0. The Hall–Kier alpha value is -1.71. The second kappa shape index (κ2) is 9.87. The molecule has 6 rings (SSSR count). The lowest BCUT2D eigenvalue weighted by atomic mass is 9.58. The Bertz CT molecular complexity index is 936. The van der Waals surface area contributed by atoms with Crippen LogP contribution in [-0.4, -0.2) is 42.6 Å². The average Bonchev–Trinajstić information content (AvgIpc) is 3.08. The summed E-state index contributed by atoms with van der Waals surface area (Å²) in [7, 11) is 0. The second-order valence-electron chi connectivity index (χ2n) is 11.1. The summed E-state index contributed by atoms with van der Waals surface area (Å²) < 4.78 is 30.2. The zero-order valence-corrected chi connectivity index (χ0v) is 22.2. The lowest BCUT2D eigenvalue weighted by Gasteiger charge is -2.60. The number of benzene rings is 1. The summed E-state index contributed by atoms with van der Waals surface area (Å²) in [4.78, 5) is 24.0. The van der Waals surface area contributed by atoms with Crippen molar-refractivity contribution in [1.82, 2.24) is 0 Å². The van der Waals surface area contributed by atoms with E-state index in [0.29, 0.717) is 24.2 Å². The van der Waals surface area contributed by atoms with E-state index in [0.717, 1.165) is 31.2 Å². The fraction of sp³-hybridized carbons (Fsp3) is 0.750. The van der Waals surface area contributed by atoms with E-state index in [1.54, 1.807) is 13.8 Å². The third-order valence-electron chi connectivity index (χ3n) is 8.72. The van der Waals surface area contributed by atoms with Crippen molar-refractivity contribution in [3.8, 4) is 5.75 Å². The SMILES string of the molecule is CCOC(=O)C(C)Oc1ccc(C(C)O[C@H]2OC3OC4(C)CCC5[C@H](C)CCC([C@H]2C)[C@@]35OO4)cc1. The van der Waals surface area contributed by atoms with Gasteiger partial charge in [0, 0.05) is 18.3 Å². The molecule has 1 aromatic rings. The van der Waals surface area contributed by atoms with Crippen LogP contribution in [0.5, 0.6) is 5.75 Å². The molecule has 6 unspecified atom stereocenters. The smallest absolute Gasteiger partial charge is 0.347 e. The Morgan fingerprint density at radius 1 is 1.08 bits per heavy atom. The fourth-order valence-electron chi connectivity index (χ4n) is 6.64. The van der Waals surface area contributed by atoms with Crippen molar-refractivity contribution < 1.29 is 38.3 Å². The van der Waals surface area contributed by atoms with E-state index in [1.807, 2.05) is 38.1 Å². The molecule has 10 atom stereocenters. The molecule has 0 amide bonds. The van der Waals surface area contributed by atoms with Gasteiger partial charge >= 0.3 is 5.97 Å². The molecule has 1 saturated carbocycles. The van der Waals surface area contributed by atoms with Crippen molar-refractivity contribution in [1.29, 1.82) is 0 Å². The number of carbonyl (C=O) groups excluding carboxylic acids is 1. The Morgan fingerprint density at radius 2 is 1.83 bits per heavy atom. The van der Waals surface area contributed by atoms with E-state index in [2.05, 4.69) is 13.8 Å². The van der Waals surface area contributed by atoms with Gasteiger partial charge in [-0.15, -0.1) is 0 Å². The first-order valence-corrected chi connectivity index (χ1v) is 13.5. The van der Waals surface area contributed by atoms with Gasteiger partial charge < -0.3 is 23.7 Å². The van der Waals surface area contributed by atoms with Gasteiger partial charge in [0.05, 0.1) is 12.7 Å². The topological polar surface area (TPSA) is 81.7 Å². The Balaban J connectivity index is 1.29. The van der Waals surface area contributed by atoms with Gasteiger partial charge in [0.2, 0.25) is 5.79 Å². The molecule has 5 aliphatic rings. The summed E-state index contributed by atoms with van der Waals surface area (Å²) in [6.45, 7) is 12.2. The average molecular weight is 505 g/mol. The molecule has 1 aliphatic carbocycles. The molecule has 4 heterocycles. The Labute approximate surface area is 213 Å². The third kappa shape index (κ3) is 4.45. The molecule has 200 valence electrons. The first-order chi connectivity index (χ1) is 17.2. The van der Waals surface area contributed by atoms with Gasteiger partial charge in [0.15, 0.2) is 24.3 Å². The van der Waals surface area contributed by atoms with Gasteiger partial charge in [-0.1, -0.05) is 26.0 Å². The van der Waals surface area contributed by atoms with Crippen LogP contribution >= 0.6 is 0 Å². The number of fused-ring (bicyclic) bond motifs is 2. The van der Waals surface area contributed by atoms with Crippen LogP contribution < -0.4 is 4.74 Å². The molecule has 0 aromatic heterocycles. The minimum absolute atomic E-state index is 0.112. The van der Waals surface area contributed by atoms with Crippen LogP contribution in [0.1, 0.15) is 78.9 Å². The first-order valence-electron chi connectivity index (χ1n) is 13.5. The van der Waals surface area contributed by atoms with Crippen molar-refractivity contribution in [3.05, 3.63) is 29.8 Å². The van der Waals surface area contributed by atoms with Crippen LogP contribution in [0.3, 0.4) is 0 Å². The Kier molecular flexibility index (Phi) is 7.11. The molecule has 36 heavy (non-hydrogen) atoms.